The maximum absolute atomic E-state index is 11.6. The molecule has 2 rings (SSSR count). The van der Waals surface area contributed by atoms with E-state index in [2.05, 4.69) is 9.98 Å². The molecule has 0 spiro atoms. The summed E-state index contributed by atoms with van der Waals surface area (Å²) in [6.07, 6.45) is -0.0511. The van der Waals surface area contributed by atoms with Gasteiger partial charge in [0.15, 0.2) is 0 Å². The maximum atomic E-state index is 11.6. The van der Waals surface area contributed by atoms with E-state index >= 15 is 0 Å². The number of rotatable bonds is 3. The third-order valence-corrected chi connectivity index (χ3v) is 2.36. The van der Waals surface area contributed by atoms with E-state index in [0.29, 0.717) is 17.3 Å². The van der Waals surface area contributed by atoms with E-state index < -0.39 is 17.9 Å². The van der Waals surface area contributed by atoms with Crippen LogP contribution in [0.15, 0.2) is 34.3 Å². The number of carbonyl (C=O) groups excluding carboxylic acids is 2. The number of hydrogen-bond donors (Lipinski definition) is 0. The van der Waals surface area contributed by atoms with Gasteiger partial charge in [-0.2, -0.15) is 0 Å². The quantitative estimate of drug-likeness (QED) is 0.677. The normalized spacial score (nSPS) is 17.7. The summed E-state index contributed by atoms with van der Waals surface area (Å²) in [6, 6.07) is 6.34. The Bertz CT molecular complexity index is 565. The van der Waals surface area contributed by atoms with E-state index in [1.165, 1.54) is 0 Å². The Morgan fingerprint density at radius 2 is 2.06 bits per heavy atom. The number of fused-ring (bicyclic) bond motifs is 1. The number of hydrogen-bond acceptors (Lipinski definition) is 4. The Labute approximate surface area is 97.8 Å². The number of esters is 1. The fraction of sp³-hybridized carbons (Fsp3) is 0.333. The van der Waals surface area contributed by atoms with Gasteiger partial charge in [0.05, 0.1) is 23.7 Å². The highest BCUT2D eigenvalue weighted by molar-refractivity contribution is 5.87. The summed E-state index contributed by atoms with van der Waals surface area (Å²) in [7, 11) is 0. The highest BCUT2D eigenvalue weighted by Gasteiger charge is 2.23. The smallest absolute Gasteiger partial charge is 0.308 e. The molecule has 88 valence electrons. The fourth-order valence-electron chi connectivity index (χ4n) is 1.59. The molecule has 17 heavy (non-hydrogen) atoms. The lowest BCUT2D eigenvalue weighted by molar-refractivity contribution is -0.144. The molecule has 1 aromatic carbocycles. The molecule has 0 bridgehead atoms. The second-order valence-electron chi connectivity index (χ2n) is 3.59. The van der Waals surface area contributed by atoms with E-state index in [-0.39, 0.29) is 6.42 Å². The second kappa shape index (κ2) is 4.86. The molecule has 5 heteroatoms. The Morgan fingerprint density at radius 1 is 1.35 bits per heavy atom. The van der Waals surface area contributed by atoms with Crippen molar-refractivity contribution in [1.29, 1.82) is 0 Å². The molecule has 1 aromatic rings. The van der Waals surface area contributed by atoms with Gasteiger partial charge in [0.2, 0.25) is 0 Å². The summed E-state index contributed by atoms with van der Waals surface area (Å²) in [4.78, 5) is 31.0. The zero-order chi connectivity index (χ0) is 12.3. The van der Waals surface area contributed by atoms with Gasteiger partial charge in [-0.1, -0.05) is 12.1 Å². The van der Waals surface area contributed by atoms with Crippen LogP contribution in [0.25, 0.3) is 0 Å². The minimum absolute atomic E-state index is 0.0511. The molecule has 0 saturated heterocycles. The van der Waals surface area contributed by atoms with Gasteiger partial charge in [-0.15, -0.1) is 0 Å². The third-order valence-electron chi connectivity index (χ3n) is 2.36. The van der Waals surface area contributed by atoms with Crippen molar-refractivity contribution in [2.24, 2.45) is 9.98 Å². The van der Waals surface area contributed by atoms with Crippen molar-refractivity contribution in [2.75, 3.05) is 6.61 Å². The van der Waals surface area contributed by atoms with Gasteiger partial charge in [-0.3, -0.25) is 14.6 Å². The number of amides is 1. The van der Waals surface area contributed by atoms with Gasteiger partial charge in [0, 0.05) is 0 Å². The Hall–Kier alpha value is -2.04. The summed E-state index contributed by atoms with van der Waals surface area (Å²) in [5.74, 6) is -0.819. The molecule has 0 radical (unpaired) electrons. The molecular formula is C12H12N2O3. The highest BCUT2D eigenvalue weighted by Crippen LogP contribution is 2.03. The van der Waals surface area contributed by atoms with Crippen LogP contribution in [-0.2, 0) is 14.3 Å². The van der Waals surface area contributed by atoms with Crippen molar-refractivity contribution >= 4 is 11.9 Å². The molecule has 1 unspecified atom stereocenters. The molecule has 1 aliphatic rings. The summed E-state index contributed by atoms with van der Waals surface area (Å²) < 4.78 is 4.79. The fourth-order valence-corrected chi connectivity index (χ4v) is 1.59. The molecule has 1 heterocycles. The topological polar surface area (TPSA) is 68.1 Å². The minimum Gasteiger partial charge on any atom is -0.466 e. The van der Waals surface area contributed by atoms with Crippen molar-refractivity contribution in [3.63, 3.8) is 0 Å². The SMILES string of the molecule is CCOC(=O)CC1N=c2ccccc2=NC1=O. The first kappa shape index (κ1) is 11.4. The number of para-hydroxylation sites is 2. The first-order valence-electron chi connectivity index (χ1n) is 5.42. The van der Waals surface area contributed by atoms with Crippen molar-refractivity contribution in [3.8, 4) is 0 Å². The molecule has 0 saturated carbocycles. The lowest BCUT2D eigenvalue weighted by Gasteiger charge is -2.10. The van der Waals surface area contributed by atoms with Crippen molar-refractivity contribution in [1.82, 2.24) is 0 Å². The zero-order valence-electron chi connectivity index (χ0n) is 9.42. The molecule has 0 aliphatic carbocycles. The highest BCUT2D eigenvalue weighted by atomic mass is 16.5. The van der Waals surface area contributed by atoms with Crippen LogP contribution in [0, 0.1) is 0 Å². The molecular weight excluding hydrogens is 220 g/mol. The molecule has 0 fully saturated rings. The first-order valence-corrected chi connectivity index (χ1v) is 5.42. The van der Waals surface area contributed by atoms with Crippen LogP contribution in [0.1, 0.15) is 13.3 Å². The van der Waals surface area contributed by atoms with Crippen LogP contribution < -0.4 is 10.7 Å². The van der Waals surface area contributed by atoms with E-state index in [9.17, 15) is 9.59 Å². The molecule has 1 atom stereocenters. The largest absolute Gasteiger partial charge is 0.466 e. The van der Waals surface area contributed by atoms with Crippen molar-refractivity contribution in [2.45, 2.75) is 19.4 Å². The van der Waals surface area contributed by atoms with Gasteiger partial charge in [-0.25, -0.2) is 4.99 Å². The number of benzene rings is 1. The molecule has 0 N–H and O–H groups in total. The average Bonchev–Trinajstić information content (AvgIpc) is 2.30. The Balaban J connectivity index is 2.25. The number of carbonyl (C=O) groups is 2. The van der Waals surface area contributed by atoms with Gasteiger partial charge in [0.25, 0.3) is 5.91 Å². The van der Waals surface area contributed by atoms with E-state index in [1.807, 2.05) is 6.07 Å². The average molecular weight is 232 g/mol. The lowest BCUT2D eigenvalue weighted by Crippen LogP contribution is -2.37. The molecule has 0 aromatic heterocycles. The summed E-state index contributed by atoms with van der Waals surface area (Å²) >= 11 is 0. The van der Waals surface area contributed by atoms with Crippen molar-refractivity contribution in [3.05, 3.63) is 35.0 Å². The Morgan fingerprint density at radius 3 is 2.76 bits per heavy atom. The van der Waals surface area contributed by atoms with Crippen LogP contribution in [0.4, 0.5) is 0 Å². The standard InChI is InChI=1S/C12H12N2O3/c1-2-17-11(15)7-10-12(16)14-9-6-4-3-5-8(9)13-10/h3-6,10H,2,7H2,1H3. The minimum atomic E-state index is -0.746. The van der Waals surface area contributed by atoms with Crippen LogP contribution >= 0.6 is 0 Å². The third kappa shape index (κ3) is 2.55. The van der Waals surface area contributed by atoms with Crippen LogP contribution in [0.3, 0.4) is 0 Å². The van der Waals surface area contributed by atoms with Gasteiger partial charge in [0.1, 0.15) is 6.04 Å². The first-order chi connectivity index (χ1) is 8.20. The van der Waals surface area contributed by atoms with E-state index in [0.717, 1.165) is 0 Å². The monoisotopic (exact) mass is 232 g/mol. The molecule has 1 aliphatic heterocycles. The Kier molecular flexibility index (Phi) is 3.27. The van der Waals surface area contributed by atoms with Gasteiger partial charge >= 0.3 is 5.97 Å². The number of nitrogens with zero attached hydrogens (tertiary/aromatic N) is 2. The summed E-state index contributed by atoms with van der Waals surface area (Å²) in [5, 5.41) is 1.19. The maximum Gasteiger partial charge on any atom is 0.308 e. The lowest BCUT2D eigenvalue weighted by atomic mass is 10.2. The van der Waals surface area contributed by atoms with Crippen LogP contribution in [0.5, 0.6) is 0 Å². The summed E-state index contributed by atoms with van der Waals surface area (Å²) in [5.41, 5.74) is 0. The van der Waals surface area contributed by atoms with Gasteiger partial charge in [-0.05, 0) is 19.1 Å². The molecule has 1 amide bonds. The van der Waals surface area contributed by atoms with Crippen molar-refractivity contribution < 1.29 is 14.3 Å². The van der Waals surface area contributed by atoms with Crippen LogP contribution in [-0.4, -0.2) is 24.5 Å². The van der Waals surface area contributed by atoms with Crippen LogP contribution in [0.2, 0.25) is 0 Å². The second-order valence-corrected chi connectivity index (χ2v) is 3.59. The van der Waals surface area contributed by atoms with E-state index in [4.69, 9.17) is 4.74 Å². The van der Waals surface area contributed by atoms with E-state index in [1.54, 1.807) is 25.1 Å². The zero-order valence-corrected chi connectivity index (χ0v) is 9.42. The van der Waals surface area contributed by atoms with Gasteiger partial charge < -0.3 is 4.74 Å². The summed E-state index contributed by atoms with van der Waals surface area (Å²) in [6.45, 7) is 2.02. The molecule has 5 nitrogen and oxygen atoms in total. The number of ether oxygens (including phenoxy) is 1. The predicted molar refractivity (Wildman–Crippen MR) is 58.8 cm³/mol. The predicted octanol–water partition coefficient (Wildman–Crippen LogP) is -0.212.